The molecule has 0 aliphatic carbocycles. The van der Waals surface area contributed by atoms with E-state index in [2.05, 4.69) is 21.0 Å². The highest BCUT2D eigenvalue weighted by atomic mass is 35.6. The van der Waals surface area contributed by atoms with Crippen molar-refractivity contribution in [3.63, 3.8) is 0 Å². The van der Waals surface area contributed by atoms with Crippen LogP contribution in [-0.4, -0.2) is 68.4 Å². The molecule has 2 heterocycles. The van der Waals surface area contributed by atoms with Gasteiger partial charge in [-0.1, -0.05) is 40.9 Å². The van der Waals surface area contributed by atoms with E-state index in [-0.39, 0.29) is 17.4 Å². The monoisotopic (exact) mass is 535 g/mol. The lowest BCUT2D eigenvalue weighted by atomic mass is 10.0. The number of carbonyl (C=O) groups is 3. The number of pyridine rings is 1. The van der Waals surface area contributed by atoms with Gasteiger partial charge in [-0.3, -0.25) is 24.4 Å². The molecule has 1 aliphatic rings. The average Bonchev–Trinajstić information content (AvgIpc) is 2.75. The number of hydrogen-bond donors (Lipinski definition) is 3. The number of halogens is 3. The first-order valence-corrected chi connectivity index (χ1v) is 12.2. The van der Waals surface area contributed by atoms with Crippen LogP contribution in [-0.2, 0) is 25.5 Å². The summed E-state index contributed by atoms with van der Waals surface area (Å²) in [5, 5.41) is 7.41. The maximum atomic E-state index is 13.1. The van der Waals surface area contributed by atoms with Crippen molar-refractivity contribution in [2.75, 3.05) is 13.2 Å². The van der Waals surface area contributed by atoms with Crippen LogP contribution in [0.25, 0.3) is 0 Å². The van der Waals surface area contributed by atoms with Gasteiger partial charge in [-0.25, -0.2) is 5.43 Å². The summed E-state index contributed by atoms with van der Waals surface area (Å²) in [6.45, 7) is 7.48. The average molecular weight is 537 g/mol. The van der Waals surface area contributed by atoms with Gasteiger partial charge in [0.25, 0.3) is 5.91 Å². The van der Waals surface area contributed by atoms with Crippen LogP contribution in [0.15, 0.2) is 24.5 Å². The molecular weight excluding hydrogens is 505 g/mol. The van der Waals surface area contributed by atoms with Crippen LogP contribution in [0.1, 0.15) is 46.1 Å². The minimum Gasteiger partial charge on any atom is -0.460 e. The van der Waals surface area contributed by atoms with Gasteiger partial charge in [0.15, 0.2) is 0 Å². The summed E-state index contributed by atoms with van der Waals surface area (Å²) in [6.07, 6.45) is 4.83. The number of carbonyl (C=O) groups excluding carboxylic acids is 3. The largest absolute Gasteiger partial charge is 0.460 e. The number of ether oxygens (including phenoxy) is 1. The van der Waals surface area contributed by atoms with Gasteiger partial charge < -0.3 is 15.4 Å². The highest BCUT2D eigenvalue weighted by Crippen LogP contribution is 2.26. The van der Waals surface area contributed by atoms with Crippen molar-refractivity contribution in [3.05, 3.63) is 30.1 Å². The second kappa shape index (κ2) is 12.4. The molecule has 1 fully saturated rings. The molecule has 2 rings (SSSR count). The highest BCUT2D eigenvalue weighted by molar-refractivity contribution is 6.67. The Labute approximate surface area is 215 Å². The van der Waals surface area contributed by atoms with Gasteiger partial charge >= 0.3 is 5.97 Å². The molecule has 0 bridgehead atoms. The van der Waals surface area contributed by atoms with E-state index >= 15 is 0 Å². The van der Waals surface area contributed by atoms with Crippen LogP contribution in [0, 0.1) is 0 Å². The molecule has 34 heavy (non-hydrogen) atoms. The predicted octanol–water partition coefficient (Wildman–Crippen LogP) is 2.29. The van der Waals surface area contributed by atoms with E-state index in [9.17, 15) is 14.4 Å². The van der Waals surface area contributed by atoms with E-state index in [0.717, 1.165) is 5.56 Å². The fourth-order valence-electron chi connectivity index (χ4n) is 3.46. The fraction of sp³-hybridized carbons (Fsp3) is 0.636. The SMILES string of the molecule is CC(NC(=O)C(Cc1cccnc1)NC(C)(C)C)C(=O)N1CCCC(C(=O)OCC(Cl)(Cl)Cl)N1. The number of amides is 2. The number of aromatic nitrogens is 1. The number of nitrogens with zero attached hydrogens (tertiary/aromatic N) is 2. The number of esters is 1. The van der Waals surface area contributed by atoms with Crippen LogP contribution in [0.5, 0.6) is 0 Å². The number of hydrazine groups is 1. The third-order valence-corrected chi connectivity index (χ3v) is 5.26. The maximum Gasteiger partial charge on any atom is 0.325 e. The van der Waals surface area contributed by atoms with Crippen molar-refractivity contribution >= 4 is 52.6 Å². The Morgan fingerprint density at radius 2 is 2.00 bits per heavy atom. The summed E-state index contributed by atoms with van der Waals surface area (Å²) in [7, 11) is 0. The van der Waals surface area contributed by atoms with Gasteiger partial charge in [-0.15, -0.1) is 0 Å². The molecule has 1 aromatic rings. The Bertz CT molecular complexity index is 845. The Morgan fingerprint density at radius 3 is 2.59 bits per heavy atom. The molecule has 0 aromatic carbocycles. The number of hydrogen-bond acceptors (Lipinski definition) is 7. The Kier molecular flexibility index (Phi) is 10.4. The second-order valence-electron chi connectivity index (χ2n) is 9.28. The molecule has 1 aromatic heterocycles. The van der Waals surface area contributed by atoms with E-state index < -0.39 is 34.5 Å². The van der Waals surface area contributed by atoms with Gasteiger partial charge in [0, 0.05) is 24.5 Å². The summed E-state index contributed by atoms with van der Waals surface area (Å²) < 4.78 is 3.30. The van der Waals surface area contributed by atoms with E-state index in [1.165, 1.54) is 5.01 Å². The summed E-state index contributed by atoms with van der Waals surface area (Å²) in [4.78, 5) is 42.4. The zero-order valence-corrected chi connectivity index (χ0v) is 22.0. The quantitative estimate of drug-likeness (QED) is 0.345. The molecule has 3 unspecified atom stereocenters. The Balaban J connectivity index is 1.98. The highest BCUT2D eigenvalue weighted by Gasteiger charge is 2.34. The van der Waals surface area contributed by atoms with Crippen molar-refractivity contribution in [3.8, 4) is 0 Å². The number of nitrogens with one attached hydrogen (secondary N) is 3. The van der Waals surface area contributed by atoms with Crippen molar-refractivity contribution in [1.82, 2.24) is 26.1 Å². The van der Waals surface area contributed by atoms with Crippen molar-refractivity contribution in [2.24, 2.45) is 0 Å². The molecular formula is C22H32Cl3N5O4. The van der Waals surface area contributed by atoms with Crippen molar-refractivity contribution in [1.29, 1.82) is 0 Å². The number of alkyl halides is 3. The van der Waals surface area contributed by atoms with Crippen molar-refractivity contribution < 1.29 is 19.1 Å². The van der Waals surface area contributed by atoms with E-state index in [4.69, 9.17) is 39.5 Å². The second-order valence-corrected chi connectivity index (χ2v) is 11.8. The van der Waals surface area contributed by atoms with Crippen LogP contribution < -0.4 is 16.1 Å². The molecule has 12 heteroatoms. The molecule has 9 nitrogen and oxygen atoms in total. The van der Waals surface area contributed by atoms with Crippen LogP contribution in [0.4, 0.5) is 0 Å². The van der Waals surface area contributed by atoms with Gasteiger partial charge in [0.1, 0.15) is 18.7 Å². The topological polar surface area (TPSA) is 113 Å². The summed E-state index contributed by atoms with van der Waals surface area (Å²) in [5.74, 6) is -1.30. The maximum absolute atomic E-state index is 13.1. The first-order valence-electron chi connectivity index (χ1n) is 11.0. The lowest BCUT2D eigenvalue weighted by Crippen LogP contribution is -2.61. The molecule has 1 aliphatic heterocycles. The summed E-state index contributed by atoms with van der Waals surface area (Å²) >= 11 is 16.9. The molecule has 1 saturated heterocycles. The molecule has 3 N–H and O–H groups in total. The molecule has 190 valence electrons. The van der Waals surface area contributed by atoms with Crippen LogP contribution in [0.2, 0.25) is 0 Å². The Hall–Kier alpha value is -1.65. The van der Waals surface area contributed by atoms with Crippen LogP contribution >= 0.6 is 34.8 Å². The molecule has 0 radical (unpaired) electrons. The molecule has 2 amide bonds. The molecule has 3 atom stereocenters. The minimum atomic E-state index is -1.72. The summed E-state index contributed by atoms with van der Waals surface area (Å²) in [5.41, 5.74) is 3.42. The number of rotatable bonds is 8. The van der Waals surface area contributed by atoms with Gasteiger partial charge in [0.05, 0.1) is 6.04 Å². The van der Waals surface area contributed by atoms with Gasteiger partial charge in [-0.05, 0) is 58.6 Å². The van der Waals surface area contributed by atoms with Gasteiger partial charge in [0.2, 0.25) is 9.70 Å². The van der Waals surface area contributed by atoms with E-state index in [0.29, 0.717) is 25.8 Å². The van der Waals surface area contributed by atoms with E-state index in [1.807, 2.05) is 32.9 Å². The van der Waals surface area contributed by atoms with Crippen molar-refractivity contribution in [2.45, 2.75) is 74.4 Å². The molecule has 0 spiro atoms. The van der Waals surface area contributed by atoms with Crippen LogP contribution in [0.3, 0.4) is 0 Å². The smallest absolute Gasteiger partial charge is 0.325 e. The first kappa shape index (κ1) is 28.6. The van der Waals surface area contributed by atoms with Gasteiger partial charge in [-0.2, -0.15) is 0 Å². The lowest BCUT2D eigenvalue weighted by molar-refractivity contribution is -0.152. The van der Waals surface area contributed by atoms with E-state index in [1.54, 1.807) is 19.3 Å². The normalized spacial score (nSPS) is 18.7. The third-order valence-electron chi connectivity index (χ3n) is 4.93. The first-order chi connectivity index (χ1) is 15.7. The predicted molar refractivity (Wildman–Crippen MR) is 131 cm³/mol. The fourth-order valence-corrected chi connectivity index (χ4v) is 3.63. The minimum absolute atomic E-state index is 0.310. The zero-order chi connectivity index (χ0) is 25.5. The third kappa shape index (κ3) is 9.92. The standard InChI is InChI=1S/C22H32Cl3N5O4/c1-14(19(32)30-10-6-8-16(29-30)20(33)34-13-22(23,24)25)27-18(31)17(28-21(2,3)4)11-15-7-5-9-26-12-15/h5,7,9,12,14,16-17,28-29H,6,8,10-11,13H2,1-4H3,(H,27,31). The summed E-state index contributed by atoms with van der Waals surface area (Å²) in [6, 6.07) is 1.55. The lowest BCUT2D eigenvalue weighted by Gasteiger charge is -2.35. The Morgan fingerprint density at radius 1 is 1.29 bits per heavy atom. The molecule has 0 saturated carbocycles. The zero-order valence-electron chi connectivity index (χ0n) is 19.7.